The third kappa shape index (κ3) is 1.69. The number of aromatic nitrogens is 1. The molecular weight excluding hydrogens is 206 g/mol. The molecule has 2 aromatic rings. The Kier molecular flexibility index (Phi) is 2.72. The number of fused-ring (bicyclic) bond motifs is 1. The van der Waals surface area contributed by atoms with Crippen LogP contribution in [0.25, 0.3) is 10.9 Å². The van der Waals surface area contributed by atoms with Crippen molar-refractivity contribution in [1.29, 1.82) is 0 Å². The van der Waals surface area contributed by atoms with Crippen LogP contribution in [0, 0.1) is 0 Å². The summed E-state index contributed by atoms with van der Waals surface area (Å²) in [7, 11) is 0. The minimum Gasteiger partial charge on any atom is -0.462 e. The Bertz CT molecular complexity index is 542. The molecular formula is C12H11NO3. The van der Waals surface area contributed by atoms with Crippen LogP contribution in [-0.4, -0.2) is 23.8 Å². The summed E-state index contributed by atoms with van der Waals surface area (Å²) >= 11 is 0. The number of H-pyrrole nitrogens is 1. The molecule has 4 heteroatoms. The van der Waals surface area contributed by atoms with Crippen molar-refractivity contribution in [2.24, 2.45) is 0 Å². The Morgan fingerprint density at radius 3 is 3.00 bits per heavy atom. The van der Waals surface area contributed by atoms with Gasteiger partial charge < -0.3 is 9.72 Å². The minimum absolute atomic E-state index is 0.338. The van der Waals surface area contributed by atoms with E-state index < -0.39 is 0 Å². The first-order valence-electron chi connectivity index (χ1n) is 4.99. The Hall–Kier alpha value is -2.10. The molecule has 0 aliphatic rings. The summed E-state index contributed by atoms with van der Waals surface area (Å²) in [5, 5.41) is 0.737. The number of hydrogen-bond donors (Lipinski definition) is 1. The highest BCUT2D eigenvalue weighted by Crippen LogP contribution is 2.18. The molecule has 0 saturated heterocycles. The fourth-order valence-electron chi connectivity index (χ4n) is 1.58. The van der Waals surface area contributed by atoms with E-state index in [4.69, 9.17) is 4.74 Å². The number of hydrogen-bond acceptors (Lipinski definition) is 3. The molecule has 0 radical (unpaired) electrons. The second kappa shape index (κ2) is 4.18. The van der Waals surface area contributed by atoms with Crippen LogP contribution in [-0.2, 0) is 4.74 Å². The van der Waals surface area contributed by atoms with Crippen molar-refractivity contribution >= 4 is 23.2 Å². The van der Waals surface area contributed by atoms with Crippen LogP contribution in [0.4, 0.5) is 0 Å². The molecule has 4 nitrogen and oxygen atoms in total. The quantitative estimate of drug-likeness (QED) is 0.633. The molecule has 1 aromatic heterocycles. The van der Waals surface area contributed by atoms with Gasteiger partial charge in [0.1, 0.15) is 0 Å². The first-order chi connectivity index (χ1) is 7.76. The van der Waals surface area contributed by atoms with E-state index in [0.29, 0.717) is 17.7 Å². The maximum absolute atomic E-state index is 11.5. The molecule has 0 atom stereocenters. The third-order valence-corrected chi connectivity index (χ3v) is 2.35. The van der Waals surface area contributed by atoms with E-state index in [1.54, 1.807) is 31.3 Å². The van der Waals surface area contributed by atoms with Crippen molar-refractivity contribution in [3.63, 3.8) is 0 Å². The van der Waals surface area contributed by atoms with Crippen LogP contribution >= 0.6 is 0 Å². The number of benzene rings is 1. The summed E-state index contributed by atoms with van der Waals surface area (Å²) in [6.07, 6.45) is 2.38. The highest BCUT2D eigenvalue weighted by Gasteiger charge is 2.09. The zero-order valence-electron chi connectivity index (χ0n) is 8.82. The molecule has 1 heterocycles. The maximum Gasteiger partial charge on any atom is 0.338 e. The number of aromatic amines is 1. The molecule has 0 aliphatic carbocycles. The summed E-state index contributed by atoms with van der Waals surface area (Å²) in [6, 6.07) is 5.09. The van der Waals surface area contributed by atoms with Gasteiger partial charge in [-0.1, -0.05) is 0 Å². The molecule has 0 amide bonds. The van der Waals surface area contributed by atoms with Crippen molar-refractivity contribution in [3.05, 3.63) is 35.5 Å². The summed E-state index contributed by atoms with van der Waals surface area (Å²) < 4.78 is 4.89. The van der Waals surface area contributed by atoms with Crippen molar-refractivity contribution in [3.8, 4) is 0 Å². The molecule has 0 unspecified atom stereocenters. The molecule has 82 valence electrons. The van der Waals surface area contributed by atoms with Gasteiger partial charge in [-0.15, -0.1) is 0 Å². The summed E-state index contributed by atoms with van der Waals surface area (Å²) in [4.78, 5) is 25.2. The normalized spacial score (nSPS) is 10.3. The lowest BCUT2D eigenvalue weighted by molar-refractivity contribution is 0.0526. The standard InChI is InChI=1S/C12H11NO3/c1-2-16-12(15)8-3-4-11-10(5-8)9(7-14)6-13-11/h3-7,13H,2H2,1H3. The highest BCUT2D eigenvalue weighted by atomic mass is 16.5. The van der Waals surface area contributed by atoms with Gasteiger partial charge in [-0.25, -0.2) is 4.79 Å². The number of ether oxygens (including phenoxy) is 1. The van der Waals surface area contributed by atoms with Gasteiger partial charge in [0, 0.05) is 22.7 Å². The first kappa shape index (κ1) is 10.4. The van der Waals surface area contributed by atoms with E-state index in [0.717, 1.165) is 17.2 Å². The number of aldehydes is 1. The number of esters is 1. The lowest BCUT2D eigenvalue weighted by atomic mass is 10.1. The van der Waals surface area contributed by atoms with Crippen LogP contribution in [0.2, 0.25) is 0 Å². The molecule has 0 bridgehead atoms. The van der Waals surface area contributed by atoms with Crippen molar-refractivity contribution in [2.45, 2.75) is 6.92 Å². The number of carbonyl (C=O) groups excluding carboxylic acids is 2. The maximum atomic E-state index is 11.5. The van der Waals surface area contributed by atoms with E-state index in [2.05, 4.69) is 4.98 Å². The van der Waals surface area contributed by atoms with Gasteiger partial charge in [0.05, 0.1) is 12.2 Å². The zero-order chi connectivity index (χ0) is 11.5. The average molecular weight is 217 g/mol. The predicted molar refractivity (Wildman–Crippen MR) is 59.6 cm³/mol. The molecule has 0 fully saturated rings. The zero-order valence-corrected chi connectivity index (χ0v) is 8.82. The summed E-state index contributed by atoms with van der Waals surface area (Å²) in [5.74, 6) is -0.373. The van der Waals surface area contributed by atoms with E-state index in [1.807, 2.05) is 0 Å². The van der Waals surface area contributed by atoms with Gasteiger partial charge in [0.25, 0.3) is 0 Å². The Morgan fingerprint density at radius 2 is 2.31 bits per heavy atom. The average Bonchev–Trinajstić information content (AvgIpc) is 2.71. The van der Waals surface area contributed by atoms with Gasteiger partial charge >= 0.3 is 5.97 Å². The Balaban J connectivity index is 2.49. The second-order valence-electron chi connectivity index (χ2n) is 3.34. The number of rotatable bonds is 3. The molecule has 0 saturated carbocycles. The molecule has 1 N–H and O–H groups in total. The monoisotopic (exact) mass is 217 g/mol. The molecule has 0 spiro atoms. The van der Waals surface area contributed by atoms with E-state index >= 15 is 0 Å². The summed E-state index contributed by atoms with van der Waals surface area (Å²) in [5.41, 5.74) is 1.83. The molecule has 16 heavy (non-hydrogen) atoms. The molecule has 0 aliphatic heterocycles. The van der Waals surface area contributed by atoms with Crippen LogP contribution in [0.5, 0.6) is 0 Å². The van der Waals surface area contributed by atoms with Gasteiger partial charge in [0.2, 0.25) is 0 Å². The van der Waals surface area contributed by atoms with Crippen LogP contribution in [0.3, 0.4) is 0 Å². The van der Waals surface area contributed by atoms with Gasteiger partial charge in [0.15, 0.2) is 6.29 Å². The van der Waals surface area contributed by atoms with Gasteiger partial charge in [-0.05, 0) is 25.1 Å². The van der Waals surface area contributed by atoms with Crippen LogP contribution in [0.1, 0.15) is 27.6 Å². The largest absolute Gasteiger partial charge is 0.462 e. The van der Waals surface area contributed by atoms with Crippen LogP contribution < -0.4 is 0 Å². The molecule has 1 aromatic carbocycles. The van der Waals surface area contributed by atoms with Gasteiger partial charge in [-0.3, -0.25) is 4.79 Å². The van der Waals surface area contributed by atoms with Crippen molar-refractivity contribution in [2.75, 3.05) is 6.61 Å². The Labute approximate surface area is 92.2 Å². The lowest BCUT2D eigenvalue weighted by Gasteiger charge is -2.01. The topological polar surface area (TPSA) is 59.2 Å². The summed E-state index contributed by atoms with van der Waals surface area (Å²) in [6.45, 7) is 2.09. The lowest BCUT2D eigenvalue weighted by Crippen LogP contribution is -2.04. The van der Waals surface area contributed by atoms with Crippen LogP contribution in [0.15, 0.2) is 24.4 Å². The highest BCUT2D eigenvalue weighted by molar-refractivity contribution is 6.01. The third-order valence-electron chi connectivity index (χ3n) is 2.35. The number of carbonyl (C=O) groups is 2. The SMILES string of the molecule is CCOC(=O)c1ccc2[nH]cc(C=O)c2c1. The molecule has 2 rings (SSSR count). The van der Waals surface area contributed by atoms with E-state index in [9.17, 15) is 9.59 Å². The van der Waals surface area contributed by atoms with Gasteiger partial charge in [-0.2, -0.15) is 0 Å². The smallest absolute Gasteiger partial charge is 0.338 e. The second-order valence-corrected chi connectivity index (χ2v) is 3.34. The first-order valence-corrected chi connectivity index (χ1v) is 4.99. The van der Waals surface area contributed by atoms with E-state index in [1.165, 1.54) is 0 Å². The fourth-order valence-corrected chi connectivity index (χ4v) is 1.58. The van der Waals surface area contributed by atoms with E-state index in [-0.39, 0.29) is 5.97 Å². The van der Waals surface area contributed by atoms with Crippen molar-refractivity contribution < 1.29 is 14.3 Å². The number of nitrogens with one attached hydrogen (secondary N) is 1. The predicted octanol–water partition coefficient (Wildman–Crippen LogP) is 2.16. The fraction of sp³-hybridized carbons (Fsp3) is 0.167. The van der Waals surface area contributed by atoms with Crippen molar-refractivity contribution in [1.82, 2.24) is 4.98 Å². The Morgan fingerprint density at radius 1 is 1.50 bits per heavy atom. The minimum atomic E-state index is -0.373.